The van der Waals surface area contributed by atoms with Gasteiger partial charge >= 0.3 is 0 Å². The Morgan fingerprint density at radius 3 is 2.38 bits per heavy atom. The maximum absolute atomic E-state index is 8.87. The Morgan fingerprint density at radius 2 is 1.76 bits per heavy atom. The Kier molecular flexibility index (Phi) is 5.27. The van der Waals surface area contributed by atoms with E-state index in [-0.39, 0.29) is 0 Å². The van der Waals surface area contributed by atoms with Crippen molar-refractivity contribution in [1.29, 1.82) is 5.26 Å². The second kappa shape index (κ2) is 6.97. The molecule has 0 spiro atoms. The van der Waals surface area contributed by atoms with E-state index >= 15 is 0 Å². The first-order valence-electron chi connectivity index (χ1n) is 6.20. The predicted molar refractivity (Wildman–Crippen MR) is 88.6 cm³/mol. The zero-order valence-electron chi connectivity index (χ0n) is 11.6. The monoisotopic (exact) mass is 409 g/mol. The van der Waals surface area contributed by atoms with Crippen molar-refractivity contribution in [1.82, 2.24) is 0 Å². The lowest BCUT2D eigenvalue weighted by Crippen LogP contribution is -1.99. The SMILES string of the molecule is COc1cc(Br)c(OCc2ccc(C#N)cc2C)cc1Br. The molecule has 0 heterocycles. The van der Waals surface area contributed by atoms with Crippen molar-refractivity contribution < 1.29 is 9.47 Å². The van der Waals surface area contributed by atoms with Gasteiger partial charge in [-0.1, -0.05) is 6.07 Å². The third-order valence-corrected chi connectivity index (χ3v) is 4.30. The number of nitrogens with zero attached hydrogens (tertiary/aromatic N) is 1. The summed E-state index contributed by atoms with van der Waals surface area (Å²) in [6, 6.07) is 11.4. The largest absolute Gasteiger partial charge is 0.496 e. The molecule has 0 aromatic heterocycles. The highest BCUT2D eigenvalue weighted by atomic mass is 79.9. The first-order chi connectivity index (χ1) is 10.0. The molecule has 0 bridgehead atoms. The van der Waals surface area contributed by atoms with Gasteiger partial charge in [-0.15, -0.1) is 0 Å². The van der Waals surface area contributed by atoms with Crippen molar-refractivity contribution in [3.05, 3.63) is 56.0 Å². The van der Waals surface area contributed by atoms with E-state index in [0.29, 0.717) is 12.2 Å². The summed E-state index contributed by atoms with van der Waals surface area (Å²) >= 11 is 6.91. The summed E-state index contributed by atoms with van der Waals surface area (Å²) in [5.41, 5.74) is 2.75. The van der Waals surface area contributed by atoms with Crippen LogP contribution in [0.4, 0.5) is 0 Å². The summed E-state index contributed by atoms with van der Waals surface area (Å²) in [5, 5.41) is 8.87. The standard InChI is InChI=1S/C16H13Br2NO2/c1-10-5-11(8-19)3-4-12(10)9-21-16-7-13(17)15(20-2)6-14(16)18/h3-7H,9H2,1-2H3. The van der Waals surface area contributed by atoms with E-state index in [9.17, 15) is 0 Å². The van der Waals surface area contributed by atoms with Gasteiger partial charge in [-0.2, -0.15) is 5.26 Å². The first kappa shape index (κ1) is 15.9. The Bertz CT molecular complexity index is 708. The van der Waals surface area contributed by atoms with E-state index in [1.807, 2.05) is 31.2 Å². The molecule has 3 nitrogen and oxygen atoms in total. The van der Waals surface area contributed by atoms with Gasteiger partial charge in [0.05, 0.1) is 27.7 Å². The molecule has 0 N–H and O–H groups in total. The molecule has 0 fully saturated rings. The van der Waals surface area contributed by atoms with E-state index in [1.165, 1.54) is 0 Å². The number of benzene rings is 2. The molecule has 5 heteroatoms. The van der Waals surface area contributed by atoms with Crippen LogP contribution in [0.3, 0.4) is 0 Å². The number of ether oxygens (including phenoxy) is 2. The van der Waals surface area contributed by atoms with Crippen molar-refractivity contribution in [2.45, 2.75) is 13.5 Å². The van der Waals surface area contributed by atoms with Crippen LogP contribution >= 0.6 is 31.9 Å². The molecule has 2 aromatic rings. The molecular weight excluding hydrogens is 398 g/mol. The second-order valence-corrected chi connectivity index (χ2v) is 6.17. The van der Waals surface area contributed by atoms with Crippen molar-refractivity contribution in [3.63, 3.8) is 0 Å². The third-order valence-electron chi connectivity index (χ3n) is 3.06. The molecular formula is C16H13Br2NO2. The highest BCUT2D eigenvalue weighted by molar-refractivity contribution is 9.11. The molecule has 0 aliphatic heterocycles. The molecule has 0 aliphatic carbocycles. The number of methoxy groups -OCH3 is 1. The Labute approximate surface area is 140 Å². The molecule has 0 unspecified atom stereocenters. The van der Waals surface area contributed by atoms with Gasteiger partial charge in [0.1, 0.15) is 18.1 Å². The lowest BCUT2D eigenvalue weighted by molar-refractivity contribution is 0.302. The smallest absolute Gasteiger partial charge is 0.135 e. The topological polar surface area (TPSA) is 42.2 Å². The van der Waals surface area contributed by atoms with Crippen molar-refractivity contribution >= 4 is 31.9 Å². The number of rotatable bonds is 4. The van der Waals surface area contributed by atoms with E-state index < -0.39 is 0 Å². The van der Waals surface area contributed by atoms with E-state index in [4.69, 9.17) is 14.7 Å². The molecule has 0 radical (unpaired) electrons. The van der Waals surface area contributed by atoms with Crippen LogP contribution < -0.4 is 9.47 Å². The number of hydrogen-bond acceptors (Lipinski definition) is 3. The fourth-order valence-corrected chi connectivity index (χ4v) is 2.78. The summed E-state index contributed by atoms with van der Waals surface area (Å²) in [4.78, 5) is 0. The second-order valence-electron chi connectivity index (χ2n) is 4.46. The fraction of sp³-hybridized carbons (Fsp3) is 0.188. The van der Waals surface area contributed by atoms with Crippen LogP contribution in [-0.2, 0) is 6.61 Å². The highest BCUT2D eigenvalue weighted by Crippen LogP contribution is 2.36. The Morgan fingerprint density at radius 1 is 1.10 bits per heavy atom. The Balaban J connectivity index is 2.17. The fourth-order valence-electron chi connectivity index (χ4n) is 1.86. The molecule has 21 heavy (non-hydrogen) atoms. The van der Waals surface area contributed by atoms with Crippen molar-refractivity contribution in [2.24, 2.45) is 0 Å². The molecule has 0 saturated carbocycles. The van der Waals surface area contributed by atoms with Crippen LogP contribution in [0.5, 0.6) is 11.5 Å². The maximum Gasteiger partial charge on any atom is 0.135 e. The van der Waals surface area contributed by atoms with Gasteiger partial charge in [0.25, 0.3) is 0 Å². The Hall–Kier alpha value is -1.51. The number of halogens is 2. The normalized spacial score (nSPS) is 10.0. The predicted octanol–water partition coefficient (Wildman–Crippen LogP) is 4.98. The van der Waals surface area contributed by atoms with Crippen LogP contribution in [0, 0.1) is 18.3 Å². The minimum Gasteiger partial charge on any atom is -0.496 e. The maximum atomic E-state index is 8.87. The van der Waals surface area contributed by atoms with Crippen LogP contribution in [0.15, 0.2) is 39.3 Å². The van der Waals surface area contributed by atoms with Crippen LogP contribution in [0.25, 0.3) is 0 Å². The number of hydrogen-bond donors (Lipinski definition) is 0. The van der Waals surface area contributed by atoms with Gasteiger partial charge in [0.2, 0.25) is 0 Å². The zero-order chi connectivity index (χ0) is 15.4. The summed E-state index contributed by atoms with van der Waals surface area (Å²) in [6.45, 7) is 2.41. The minimum absolute atomic E-state index is 0.439. The van der Waals surface area contributed by atoms with Crippen molar-refractivity contribution in [2.75, 3.05) is 7.11 Å². The van der Waals surface area contributed by atoms with Crippen LogP contribution in [0.1, 0.15) is 16.7 Å². The first-order valence-corrected chi connectivity index (χ1v) is 7.79. The molecule has 0 amide bonds. The molecule has 0 atom stereocenters. The van der Waals surface area contributed by atoms with Gasteiger partial charge in [0.15, 0.2) is 0 Å². The van der Waals surface area contributed by atoms with Crippen LogP contribution in [0.2, 0.25) is 0 Å². The van der Waals surface area contributed by atoms with Gasteiger partial charge in [-0.25, -0.2) is 0 Å². The van der Waals surface area contributed by atoms with Gasteiger partial charge < -0.3 is 9.47 Å². The van der Waals surface area contributed by atoms with E-state index in [0.717, 1.165) is 31.6 Å². The van der Waals surface area contributed by atoms with Gasteiger partial charge in [-0.3, -0.25) is 0 Å². The summed E-state index contributed by atoms with van der Waals surface area (Å²) in [5.74, 6) is 1.47. The molecule has 0 saturated heterocycles. The molecule has 0 aliphatic rings. The summed E-state index contributed by atoms with van der Waals surface area (Å²) in [7, 11) is 1.62. The average molecular weight is 411 g/mol. The van der Waals surface area contributed by atoms with E-state index in [2.05, 4.69) is 37.9 Å². The van der Waals surface area contributed by atoms with E-state index in [1.54, 1.807) is 13.2 Å². The highest BCUT2D eigenvalue weighted by Gasteiger charge is 2.09. The summed E-state index contributed by atoms with van der Waals surface area (Å²) < 4.78 is 12.7. The quantitative estimate of drug-likeness (QED) is 0.713. The van der Waals surface area contributed by atoms with Gasteiger partial charge in [0, 0.05) is 0 Å². The lowest BCUT2D eigenvalue weighted by Gasteiger charge is -2.12. The average Bonchev–Trinajstić information content (AvgIpc) is 2.48. The number of nitriles is 1. The molecule has 2 aromatic carbocycles. The van der Waals surface area contributed by atoms with Crippen molar-refractivity contribution in [3.8, 4) is 17.6 Å². The van der Waals surface area contributed by atoms with Crippen LogP contribution in [-0.4, -0.2) is 7.11 Å². The number of aryl methyl sites for hydroxylation is 1. The summed E-state index contributed by atoms with van der Waals surface area (Å²) in [6.07, 6.45) is 0. The minimum atomic E-state index is 0.439. The lowest BCUT2D eigenvalue weighted by atomic mass is 10.1. The zero-order valence-corrected chi connectivity index (χ0v) is 14.8. The molecule has 2 rings (SSSR count). The molecule has 108 valence electrons. The third kappa shape index (κ3) is 3.78. The van der Waals surface area contributed by atoms with Gasteiger partial charge in [-0.05, 0) is 74.2 Å².